The lowest BCUT2D eigenvalue weighted by Gasteiger charge is -2.42. The zero-order valence-electron chi connectivity index (χ0n) is 17.2. The van der Waals surface area contributed by atoms with E-state index in [0.29, 0.717) is 18.3 Å². The van der Waals surface area contributed by atoms with E-state index in [1.165, 1.54) is 0 Å². The first-order chi connectivity index (χ1) is 14.7. The van der Waals surface area contributed by atoms with Gasteiger partial charge in [-0.05, 0) is 56.5 Å². The van der Waals surface area contributed by atoms with E-state index in [2.05, 4.69) is 31.2 Å². The van der Waals surface area contributed by atoms with Crippen LogP contribution in [-0.4, -0.2) is 53.0 Å². The summed E-state index contributed by atoms with van der Waals surface area (Å²) in [4.78, 5) is 26.2. The first-order valence-electron chi connectivity index (χ1n) is 10.8. The second-order valence-electron chi connectivity index (χ2n) is 8.08. The lowest BCUT2D eigenvalue weighted by molar-refractivity contribution is -0.127. The number of nitriles is 1. The van der Waals surface area contributed by atoms with Crippen LogP contribution in [0.3, 0.4) is 0 Å². The van der Waals surface area contributed by atoms with Crippen molar-refractivity contribution < 1.29 is 4.79 Å². The fraction of sp³-hybridized carbons (Fsp3) is 0.478. The van der Waals surface area contributed by atoms with Crippen LogP contribution in [0.2, 0.25) is 0 Å². The largest absolute Gasteiger partial charge is 0.356 e. The van der Waals surface area contributed by atoms with Gasteiger partial charge in [-0.3, -0.25) is 14.7 Å². The molecule has 0 aliphatic carbocycles. The van der Waals surface area contributed by atoms with Crippen molar-refractivity contribution >= 4 is 11.7 Å². The number of hydrogen-bond acceptors (Lipinski definition) is 6. The topological polar surface area (TPSA) is 85.2 Å². The Morgan fingerprint density at radius 2 is 2.00 bits per heavy atom. The summed E-state index contributed by atoms with van der Waals surface area (Å²) in [7, 11) is 0. The molecule has 0 radical (unpaired) electrons. The van der Waals surface area contributed by atoms with Crippen LogP contribution in [0.15, 0.2) is 42.6 Å². The van der Waals surface area contributed by atoms with Crippen LogP contribution in [0, 0.1) is 17.2 Å². The summed E-state index contributed by atoms with van der Waals surface area (Å²) in [6.07, 6.45) is 5.88. The Bertz CT molecular complexity index is 888. The summed E-state index contributed by atoms with van der Waals surface area (Å²) in [6, 6.07) is 14.0. The average molecular weight is 405 g/mol. The Kier molecular flexibility index (Phi) is 6.55. The standard InChI is InChI=1S/C23H28N6O/c24-15-19-7-3-8-22(27-19)28-13-9-21(10-14-28)29-12-4-5-18(17-29)23(30)26-16-20-6-1-2-11-25-20/h1-3,6-8,11,18,21H,4-5,9-10,12-14,16-17H2,(H,26,30)/t18-/m0/s1. The van der Waals surface area contributed by atoms with Gasteiger partial charge >= 0.3 is 0 Å². The molecule has 4 heterocycles. The third-order valence-corrected chi connectivity index (χ3v) is 6.15. The normalized spacial score (nSPS) is 20.5. The minimum absolute atomic E-state index is 0.0504. The molecule has 30 heavy (non-hydrogen) atoms. The molecule has 1 amide bonds. The minimum Gasteiger partial charge on any atom is -0.356 e. The number of anilines is 1. The maximum absolute atomic E-state index is 12.7. The highest BCUT2D eigenvalue weighted by Crippen LogP contribution is 2.26. The van der Waals surface area contributed by atoms with Crippen LogP contribution in [0.4, 0.5) is 5.82 Å². The maximum atomic E-state index is 12.7. The summed E-state index contributed by atoms with van der Waals surface area (Å²) >= 11 is 0. The Morgan fingerprint density at radius 3 is 2.77 bits per heavy atom. The molecular formula is C23H28N6O. The molecule has 7 heteroatoms. The van der Waals surface area contributed by atoms with Gasteiger partial charge in [0.1, 0.15) is 17.6 Å². The number of amides is 1. The lowest BCUT2D eigenvalue weighted by atomic mass is 9.93. The molecule has 156 valence electrons. The van der Waals surface area contributed by atoms with Gasteiger partial charge in [0.25, 0.3) is 0 Å². The molecule has 2 saturated heterocycles. The smallest absolute Gasteiger partial charge is 0.224 e. The number of carbonyl (C=O) groups is 1. The monoisotopic (exact) mass is 404 g/mol. The first kappa shape index (κ1) is 20.3. The fourth-order valence-electron chi connectivity index (χ4n) is 4.50. The minimum atomic E-state index is 0.0504. The second kappa shape index (κ2) is 9.68. The Hall–Kier alpha value is -2.98. The summed E-state index contributed by atoms with van der Waals surface area (Å²) < 4.78 is 0. The van der Waals surface area contributed by atoms with Crippen LogP contribution in [0.1, 0.15) is 37.1 Å². The SMILES string of the molecule is N#Cc1cccc(N2CCC(N3CCC[C@H](C(=O)NCc4ccccn4)C3)CC2)n1. The highest BCUT2D eigenvalue weighted by Gasteiger charge is 2.31. The Morgan fingerprint density at radius 1 is 1.13 bits per heavy atom. The van der Waals surface area contributed by atoms with Crippen molar-refractivity contribution in [3.63, 3.8) is 0 Å². The number of nitrogens with one attached hydrogen (secondary N) is 1. The van der Waals surface area contributed by atoms with Crippen molar-refractivity contribution in [1.82, 2.24) is 20.2 Å². The van der Waals surface area contributed by atoms with Gasteiger partial charge in [0.2, 0.25) is 5.91 Å². The van der Waals surface area contributed by atoms with Crippen molar-refractivity contribution in [1.29, 1.82) is 5.26 Å². The van der Waals surface area contributed by atoms with E-state index in [1.807, 2.05) is 30.3 Å². The van der Waals surface area contributed by atoms with E-state index >= 15 is 0 Å². The quantitative estimate of drug-likeness (QED) is 0.823. The highest BCUT2D eigenvalue weighted by atomic mass is 16.1. The van der Waals surface area contributed by atoms with Gasteiger partial charge < -0.3 is 10.2 Å². The third kappa shape index (κ3) is 4.95. The van der Waals surface area contributed by atoms with E-state index in [4.69, 9.17) is 5.26 Å². The zero-order chi connectivity index (χ0) is 20.8. The average Bonchev–Trinajstić information content (AvgIpc) is 2.83. The molecule has 1 N–H and O–H groups in total. The Balaban J connectivity index is 1.27. The third-order valence-electron chi connectivity index (χ3n) is 6.15. The molecule has 2 aromatic rings. The number of likely N-dealkylation sites (tertiary alicyclic amines) is 1. The molecule has 2 aliphatic heterocycles. The lowest BCUT2D eigenvalue weighted by Crippen LogP contribution is -2.51. The van der Waals surface area contributed by atoms with Gasteiger partial charge in [0.15, 0.2) is 0 Å². The van der Waals surface area contributed by atoms with E-state index < -0.39 is 0 Å². The van der Waals surface area contributed by atoms with Crippen molar-refractivity contribution in [2.45, 2.75) is 38.3 Å². The number of pyridine rings is 2. The predicted molar refractivity (Wildman–Crippen MR) is 115 cm³/mol. The number of hydrogen-bond donors (Lipinski definition) is 1. The first-order valence-corrected chi connectivity index (χ1v) is 10.8. The zero-order valence-corrected chi connectivity index (χ0v) is 17.2. The van der Waals surface area contributed by atoms with Gasteiger partial charge in [-0.1, -0.05) is 12.1 Å². The van der Waals surface area contributed by atoms with Crippen molar-refractivity contribution in [2.75, 3.05) is 31.1 Å². The summed E-state index contributed by atoms with van der Waals surface area (Å²) in [6.45, 7) is 4.25. The number of carbonyl (C=O) groups excluding carboxylic acids is 1. The number of nitrogens with zero attached hydrogens (tertiary/aromatic N) is 5. The predicted octanol–water partition coefficient (Wildman–Crippen LogP) is 2.35. The molecule has 0 unspecified atom stereocenters. The van der Waals surface area contributed by atoms with Crippen molar-refractivity contribution in [3.05, 3.63) is 54.0 Å². The Labute approximate surface area is 177 Å². The number of piperidine rings is 2. The van der Waals surface area contributed by atoms with Gasteiger partial charge in [0, 0.05) is 31.9 Å². The summed E-state index contributed by atoms with van der Waals surface area (Å²) in [5.74, 6) is 1.08. The molecule has 7 nitrogen and oxygen atoms in total. The summed E-state index contributed by atoms with van der Waals surface area (Å²) in [5, 5.41) is 12.1. The van der Waals surface area contributed by atoms with Crippen LogP contribution in [-0.2, 0) is 11.3 Å². The van der Waals surface area contributed by atoms with Crippen LogP contribution >= 0.6 is 0 Å². The van der Waals surface area contributed by atoms with Gasteiger partial charge in [-0.2, -0.15) is 5.26 Å². The van der Waals surface area contributed by atoms with Crippen molar-refractivity contribution in [3.8, 4) is 6.07 Å². The molecule has 0 bridgehead atoms. The molecule has 2 fully saturated rings. The highest BCUT2D eigenvalue weighted by molar-refractivity contribution is 5.78. The molecular weight excluding hydrogens is 376 g/mol. The molecule has 2 aromatic heterocycles. The number of aromatic nitrogens is 2. The molecule has 0 aromatic carbocycles. The van der Waals surface area contributed by atoms with E-state index in [9.17, 15) is 4.79 Å². The van der Waals surface area contributed by atoms with Crippen LogP contribution in [0.5, 0.6) is 0 Å². The van der Waals surface area contributed by atoms with Gasteiger partial charge in [-0.15, -0.1) is 0 Å². The van der Waals surface area contributed by atoms with Crippen LogP contribution < -0.4 is 10.2 Å². The second-order valence-corrected chi connectivity index (χ2v) is 8.08. The molecule has 0 spiro atoms. The molecule has 0 saturated carbocycles. The van der Waals surface area contributed by atoms with Crippen molar-refractivity contribution in [2.24, 2.45) is 5.92 Å². The molecule has 1 atom stereocenters. The van der Waals surface area contributed by atoms with E-state index in [-0.39, 0.29) is 11.8 Å². The van der Waals surface area contributed by atoms with Crippen LogP contribution in [0.25, 0.3) is 0 Å². The fourth-order valence-corrected chi connectivity index (χ4v) is 4.50. The molecule has 4 rings (SSSR count). The van der Waals surface area contributed by atoms with E-state index in [0.717, 1.165) is 63.4 Å². The number of rotatable bonds is 5. The van der Waals surface area contributed by atoms with Gasteiger partial charge in [-0.25, -0.2) is 4.98 Å². The maximum Gasteiger partial charge on any atom is 0.224 e. The van der Waals surface area contributed by atoms with E-state index in [1.54, 1.807) is 12.3 Å². The van der Waals surface area contributed by atoms with Gasteiger partial charge in [0.05, 0.1) is 18.2 Å². The summed E-state index contributed by atoms with van der Waals surface area (Å²) in [5.41, 5.74) is 1.35. The molecule has 2 aliphatic rings.